The van der Waals surface area contributed by atoms with Crippen LogP contribution in [0.25, 0.3) is 0 Å². The number of rotatable bonds is 3. The standard InChI is InChI=1S/C9H15N5S/c1-6-4-11-8(15-6)5-12-9(14-10)13-7-2-3-7/h4,7H,2-3,5,10H2,1H3,(H2,12,13,14). The molecule has 2 rings (SSSR count). The number of hydrogen-bond donors (Lipinski definition) is 3. The molecule has 0 aliphatic heterocycles. The zero-order chi connectivity index (χ0) is 10.7. The molecule has 0 atom stereocenters. The van der Waals surface area contributed by atoms with Crippen LogP contribution in [0.5, 0.6) is 0 Å². The summed E-state index contributed by atoms with van der Waals surface area (Å²) in [6, 6.07) is 0.554. The van der Waals surface area contributed by atoms with Gasteiger partial charge in [0, 0.05) is 17.1 Å². The first kappa shape index (κ1) is 10.4. The second-order valence-electron chi connectivity index (χ2n) is 3.59. The van der Waals surface area contributed by atoms with Gasteiger partial charge in [0.2, 0.25) is 5.96 Å². The highest BCUT2D eigenvalue weighted by atomic mass is 32.1. The van der Waals surface area contributed by atoms with Crippen molar-refractivity contribution < 1.29 is 0 Å². The zero-order valence-electron chi connectivity index (χ0n) is 8.66. The van der Waals surface area contributed by atoms with Crippen molar-refractivity contribution in [3.8, 4) is 0 Å². The lowest BCUT2D eigenvalue weighted by Crippen LogP contribution is -2.42. The molecule has 1 aromatic heterocycles. The topological polar surface area (TPSA) is 75.3 Å². The van der Waals surface area contributed by atoms with Crippen LogP contribution in [0.15, 0.2) is 11.2 Å². The normalized spacial score (nSPS) is 16.5. The van der Waals surface area contributed by atoms with Crippen molar-refractivity contribution in [2.75, 3.05) is 0 Å². The Morgan fingerprint density at radius 1 is 1.73 bits per heavy atom. The van der Waals surface area contributed by atoms with Gasteiger partial charge >= 0.3 is 0 Å². The Balaban J connectivity index is 1.89. The molecule has 1 saturated carbocycles. The predicted molar refractivity (Wildman–Crippen MR) is 61.5 cm³/mol. The zero-order valence-corrected chi connectivity index (χ0v) is 9.47. The van der Waals surface area contributed by atoms with E-state index >= 15 is 0 Å². The smallest absolute Gasteiger partial charge is 0.206 e. The second kappa shape index (κ2) is 4.59. The summed E-state index contributed by atoms with van der Waals surface area (Å²) in [6.07, 6.45) is 4.27. The van der Waals surface area contributed by atoms with Crippen LogP contribution in [0.4, 0.5) is 0 Å². The van der Waals surface area contributed by atoms with Gasteiger partial charge in [-0.3, -0.25) is 5.43 Å². The fourth-order valence-electron chi connectivity index (χ4n) is 1.18. The molecule has 5 nitrogen and oxygen atoms in total. The molecule has 82 valence electrons. The Bertz CT molecular complexity index is 355. The van der Waals surface area contributed by atoms with Crippen molar-refractivity contribution in [1.82, 2.24) is 15.7 Å². The predicted octanol–water partition coefficient (Wildman–Crippen LogP) is 0.523. The van der Waals surface area contributed by atoms with Gasteiger partial charge in [0.1, 0.15) is 5.01 Å². The van der Waals surface area contributed by atoms with Crippen LogP contribution >= 0.6 is 11.3 Å². The van der Waals surface area contributed by atoms with Crippen LogP contribution in [0.2, 0.25) is 0 Å². The van der Waals surface area contributed by atoms with Gasteiger partial charge in [0.05, 0.1) is 6.54 Å². The van der Waals surface area contributed by atoms with E-state index in [1.807, 2.05) is 13.1 Å². The van der Waals surface area contributed by atoms with E-state index in [0.717, 1.165) is 5.01 Å². The summed E-state index contributed by atoms with van der Waals surface area (Å²) in [5.41, 5.74) is 2.57. The second-order valence-corrected chi connectivity index (χ2v) is 4.91. The van der Waals surface area contributed by atoms with Gasteiger partial charge in [-0.25, -0.2) is 15.8 Å². The van der Waals surface area contributed by atoms with Crippen molar-refractivity contribution in [3.63, 3.8) is 0 Å². The highest BCUT2D eigenvalue weighted by Gasteiger charge is 2.21. The number of hydrogen-bond acceptors (Lipinski definition) is 4. The molecule has 15 heavy (non-hydrogen) atoms. The fraction of sp³-hybridized carbons (Fsp3) is 0.556. The molecule has 0 bridgehead atoms. The van der Waals surface area contributed by atoms with E-state index in [-0.39, 0.29) is 0 Å². The molecule has 1 fully saturated rings. The summed E-state index contributed by atoms with van der Waals surface area (Å²) in [5, 5.41) is 4.22. The molecule has 0 aromatic carbocycles. The van der Waals surface area contributed by atoms with Crippen molar-refractivity contribution in [1.29, 1.82) is 0 Å². The van der Waals surface area contributed by atoms with Gasteiger partial charge in [0.15, 0.2) is 0 Å². The maximum atomic E-state index is 5.36. The summed E-state index contributed by atoms with van der Waals surface area (Å²) in [4.78, 5) is 9.76. The molecule has 0 unspecified atom stereocenters. The van der Waals surface area contributed by atoms with E-state index in [4.69, 9.17) is 5.84 Å². The third-order valence-electron chi connectivity index (χ3n) is 2.10. The number of hydrazine groups is 1. The number of guanidine groups is 1. The number of aliphatic imine (C=N–C) groups is 1. The monoisotopic (exact) mass is 225 g/mol. The molecule has 0 saturated heterocycles. The number of aryl methyl sites for hydroxylation is 1. The summed E-state index contributed by atoms with van der Waals surface area (Å²) in [5.74, 6) is 6.02. The average molecular weight is 225 g/mol. The molecule has 1 aliphatic rings. The van der Waals surface area contributed by atoms with E-state index in [0.29, 0.717) is 18.5 Å². The highest BCUT2D eigenvalue weighted by Crippen LogP contribution is 2.18. The molecule has 6 heteroatoms. The number of aromatic nitrogens is 1. The van der Waals surface area contributed by atoms with Crippen LogP contribution in [0.3, 0.4) is 0 Å². The Labute approximate surface area is 92.8 Å². The van der Waals surface area contributed by atoms with Crippen LogP contribution in [0, 0.1) is 6.92 Å². The molecular formula is C9H15N5S. The van der Waals surface area contributed by atoms with E-state index in [9.17, 15) is 0 Å². The first-order chi connectivity index (χ1) is 7.28. The molecule has 1 aliphatic carbocycles. The number of nitrogens with two attached hydrogens (primary N) is 1. The maximum Gasteiger partial charge on any atom is 0.206 e. The minimum atomic E-state index is 0.554. The number of nitrogens with one attached hydrogen (secondary N) is 2. The third-order valence-corrected chi connectivity index (χ3v) is 2.99. The first-order valence-electron chi connectivity index (χ1n) is 4.97. The van der Waals surface area contributed by atoms with Gasteiger partial charge in [-0.05, 0) is 19.8 Å². The van der Waals surface area contributed by atoms with E-state index < -0.39 is 0 Å². The van der Waals surface area contributed by atoms with E-state index in [1.54, 1.807) is 11.3 Å². The van der Waals surface area contributed by atoms with E-state index in [2.05, 4.69) is 20.7 Å². The molecule has 0 radical (unpaired) electrons. The van der Waals surface area contributed by atoms with Crippen LogP contribution in [-0.2, 0) is 6.54 Å². The summed E-state index contributed by atoms with van der Waals surface area (Å²) in [7, 11) is 0. The van der Waals surface area contributed by atoms with Crippen molar-refractivity contribution in [3.05, 3.63) is 16.1 Å². The molecule has 4 N–H and O–H groups in total. The summed E-state index contributed by atoms with van der Waals surface area (Å²) in [6.45, 7) is 2.62. The summed E-state index contributed by atoms with van der Waals surface area (Å²) < 4.78 is 0. The fourth-order valence-corrected chi connectivity index (χ4v) is 1.89. The molecule has 0 spiro atoms. The lowest BCUT2D eigenvalue weighted by Gasteiger charge is -2.06. The largest absolute Gasteiger partial charge is 0.353 e. The Hall–Kier alpha value is -1.14. The summed E-state index contributed by atoms with van der Waals surface area (Å²) >= 11 is 1.66. The van der Waals surface area contributed by atoms with Gasteiger partial charge in [-0.15, -0.1) is 11.3 Å². The molecule has 0 amide bonds. The highest BCUT2D eigenvalue weighted by molar-refractivity contribution is 7.11. The lowest BCUT2D eigenvalue weighted by molar-refractivity contribution is 0.820. The first-order valence-corrected chi connectivity index (χ1v) is 5.78. The van der Waals surface area contributed by atoms with Crippen LogP contribution < -0.4 is 16.6 Å². The Kier molecular flexibility index (Phi) is 3.17. The number of thiazole rings is 1. The van der Waals surface area contributed by atoms with Crippen molar-refractivity contribution >= 4 is 17.3 Å². The SMILES string of the molecule is Cc1cnc(CN=C(NN)NC2CC2)s1. The minimum Gasteiger partial charge on any atom is -0.353 e. The van der Waals surface area contributed by atoms with Crippen molar-refractivity contribution in [2.45, 2.75) is 32.4 Å². The Morgan fingerprint density at radius 3 is 3.07 bits per heavy atom. The molecule has 1 aromatic rings. The van der Waals surface area contributed by atoms with Gasteiger partial charge in [-0.1, -0.05) is 0 Å². The Morgan fingerprint density at radius 2 is 2.53 bits per heavy atom. The number of nitrogens with zero attached hydrogens (tertiary/aromatic N) is 2. The molecule has 1 heterocycles. The third kappa shape index (κ3) is 3.17. The van der Waals surface area contributed by atoms with Gasteiger partial charge < -0.3 is 5.32 Å². The van der Waals surface area contributed by atoms with E-state index in [1.165, 1.54) is 17.7 Å². The van der Waals surface area contributed by atoms with Crippen molar-refractivity contribution in [2.24, 2.45) is 10.8 Å². The quantitative estimate of drug-likeness (QED) is 0.303. The van der Waals surface area contributed by atoms with Gasteiger partial charge in [0.25, 0.3) is 0 Å². The lowest BCUT2D eigenvalue weighted by atomic mass is 10.6. The average Bonchev–Trinajstić information content (AvgIpc) is 2.95. The van der Waals surface area contributed by atoms with Crippen LogP contribution in [-0.4, -0.2) is 17.0 Å². The molecular weight excluding hydrogens is 210 g/mol. The maximum absolute atomic E-state index is 5.36. The van der Waals surface area contributed by atoms with Crippen LogP contribution in [0.1, 0.15) is 22.7 Å². The van der Waals surface area contributed by atoms with Gasteiger partial charge in [-0.2, -0.15) is 0 Å². The minimum absolute atomic E-state index is 0.554.